The molecule has 9 heteroatoms. The molecule has 0 spiro atoms. The van der Waals surface area contributed by atoms with Gasteiger partial charge in [0, 0.05) is 18.0 Å². The van der Waals surface area contributed by atoms with Crippen LogP contribution in [0.25, 0.3) is 5.82 Å². The highest BCUT2D eigenvalue weighted by Crippen LogP contribution is 2.23. The van der Waals surface area contributed by atoms with E-state index >= 15 is 0 Å². The molecule has 0 radical (unpaired) electrons. The smallest absolute Gasteiger partial charge is 0.257 e. The fourth-order valence-electron chi connectivity index (χ4n) is 2.63. The monoisotopic (exact) mass is 423 g/mol. The quantitative estimate of drug-likeness (QED) is 0.498. The van der Waals surface area contributed by atoms with Crippen molar-refractivity contribution in [2.24, 2.45) is 0 Å². The Hall–Kier alpha value is -3.78. The third kappa shape index (κ3) is 4.44. The third-order valence-electron chi connectivity index (χ3n) is 4.09. The molecule has 0 atom stereocenters. The van der Waals surface area contributed by atoms with Crippen LogP contribution in [-0.4, -0.2) is 25.9 Å². The van der Waals surface area contributed by atoms with E-state index in [1.54, 1.807) is 47.3 Å². The standard InChI is InChI=1S/C21H15ClFN5O2/c1-13-10-11-28(27-13)19-8-9-20(26-25-19)30-16-5-3-15(4-6-16)24-21(29)17-7-2-14(23)12-18(17)22/h2-12H,1H3,(H,24,29). The Labute approximate surface area is 176 Å². The van der Waals surface area contributed by atoms with Gasteiger partial charge in [-0.2, -0.15) is 5.10 Å². The van der Waals surface area contributed by atoms with Crippen LogP contribution < -0.4 is 10.1 Å². The number of benzene rings is 2. The van der Waals surface area contributed by atoms with Gasteiger partial charge in [-0.1, -0.05) is 11.6 Å². The van der Waals surface area contributed by atoms with Gasteiger partial charge in [0.05, 0.1) is 16.3 Å². The van der Waals surface area contributed by atoms with Gasteiger partial charge in [0.1, 0.15) is 11.6 Å². The van der Waals surface area contributed by atoms with Crippen LogP contribution in [0.4, 0.5) is 10.1 Å². The van der Waals surface area contributed by atoms with Crippen LogP contribution in [0, 0.1) is 12.7 Å². The molecule has 0 aliphatic rings. The fraction of sp³-hybridized carbons (Fsp3) is 0.0476. The first-order valence-electron chi connectivity index (χ1n) is 8.89. The van der Waals surface area contributed by atoms with Crippen LogP contribution >= 0.6 is 11.6 Å². The van der Waals surface area contributed by atoms with E-state index in [1.165, 1.54) is 12.1 Å². The van der Waals surface area contributed by atoms with E-state index in [-0.39, 0.29) is 10.6 Å². The summed E-state index contributed by atoms with van der Waals surface area (Å²) in [6.07, 6.45) is 1.80. The molecule has 2 aromatic carbocycles. The van der Waals surface area contributed by atoms with Crippen molar-refractivity contribution in [3.8, 4) is 17.4 Å². The van der Waals surface area contributed by atoms with Crippen molar-refractivity contribution < 1.29 is 13.9 Å². The molecule has 4 rings (SSSR count). The minimum atomic E-state index is -0.506. The molecule has 150 valence electrons. The number of carbonyl (C=O) groups is 1. The average molecular weight is 424 g/mol. The van der Waals surface area contributed by atoms with Gasteiger partial charge in [-0.3, -0.25) is 4.79 Å². The predicted octanol–water partition coefficient (Wildman–Crippen LogP) is 4.81. The van der Waals surface area contributed by atoms with Crippen LogP contribution in [0.3, 0.4) is 0 Å². The zero-order valence-electron chi connectivity index (χ0n) is 15.7. The molecule has 4 aromatic rings. The van der Waals surface area contributed by atoms with Gasteiger partial charge in [0.15, 0.2) is 5.82 Å². The Morgan fingerprint density at radius 1 is 1.07 bits per heavy atom. The maximum absolute atomic E-state index is 13.1. The normalized spacial score (nSPS) is 10.6. The van der Waals surface area contributed by atoms with E-state index in [2.05, 4.69) is 20.6 Å². The number of hydrogen-bond donors (Lipinski definition) is 1. The number of carbonyl (C=O) groups excluding carboxylic acids is 1. The summed E-state index contributed by atoms with van der Waals surface area (Å²) in [5.74, 6) is 0.466. The Morgan fingerprint density at radius 2 is 1.87 bits per heavy atom. The second-order valence-corrected chi connectivity index (χ2v) is 6.74. The SMILES string of the molecule is Cc1ccn(-c2ccc(Oc3ccc(NC(=O)c4ccc(F)cc4Cl)cc3)nn2)n1. The molecule has 7 nitrogen and oxygen atoms in total. The first kappa shape index (κ1) is 19.5. The molecular formula is C21H15ClFN5O2. The van der Waals surface area contributed by atoms with Gasteiger partial charge in [-0.25, -0.2) is 9.07 Å². The zero-order valence-corrected chi connectivity index (χ0v) is 16.5. The summed E-state index contributed by atoms with van der Waals surface area (Å²) >= 11 is 5.92. The molecule has 1 N–H and O–H groups in total. The van der Waals surface area contributed by atoms with Crippen molar-refractivity contribution >= 4 is 23.2 Å². The number of anilines is 1. The van der Waals surface area contributed by atoms with Crippen LogP contribution in [0.1, 0.15) is 16.1 Å². The molecule has 2 aromatic heterocycles. The van der Waals surface area contributed by atoms with Crippen LogP contribution in [0.2, 0.25) is 5.02 Å². The number of nitrogens with one attached hydrogen (secondary N) is 1. The summed E-state index contributed by atoms with van der Waals surface area (Å²) in [5.41, 5.74) is 1.59. The van der Waals surface area contributed by atoms with Gasteiger partial charge < -0.3 is 10.1 Å². The average Bonchev–Trinajstić information content (AvgIpc) is 3.16. The lowest BCUT2D eigenvalue weighted by atomic mass is 10.2. The lowest BCUT2D eigenvalue weighted by molar-refractivity contribution is 0.102. The minimum Gasteiger partial charge on any atom is -0.438 e. The number of rotatable bonds is 5. The first-order valence-corrected chi connectivity index (χ1v) is 9.26. The number of aromatic nitrogens is 4. The van der Waals surface area contributed by atoms with Crippen molar-refractivity contribution in [1.82, 2.24) is 20.0 Å². The van der Waals surface area contributed by atoms with Crippen molar-refractivity contribution in [2.45, 2.75) is 6.92 Å². The molecule has 1 amide bonds. The number of nitrogens with zero attached hydrogens (tertiary/aromatic N) is 4. The lowest BCUT2D eigenvalue weighted by Crippen LogP contribution is -2.12. The number of ether oxygens (including phenoxy) is 1. The molecule has 0 aliphatic heterocycles. The molecule has 0 unspecified atom stereocenters. The highest BCUT2D eigenvalue weighted by atomic mass is 35.5. The second-order valence-electron chi connectivity index (χ2n) is 6.34. The van der Waals surface area contributed by atoms with Gasteiger partial charge in [0.25, 0.3) is 5.91 Å². The van der Waals surface area contributed by atoms with E-state index in [9.17, 15) is 9.18 Å². The molecule has 2 heterocycles. The summed E-state index contributed by atoms with van der Waals surface area (Å²) in [7, 11) is 0. The van der Waals surface area contributed by atoms with Gasteiger partial charge in [-0.05, 0) is 61.5 Å². The van der Waals surface area contributed by atoms with Gasteiger partial charge in [-0.15, -0.1) is 10.2 Å². The Balaban J connectivity index is 1.40. The van der Waals surface area contributed by atoms with Crippen LogP contribution in [-0.2, 0) is 0 Å². The molecule has 0 aliphatic carbocycles. The summed E-state index contributed by atoms with van der Waals surface area (Å²) in [4.78, 5) is 12.3. The van der Waals surface area contributed by atoms with Crippen molar-refractivity contribution in [2.75, 3.05) is 5.32 Å². The van der Waals surface area contributed by atoms with E-state index in [0.717, 1.165) is 11.8 Å². The maximum Gasteiger partial charge on any atom is 0.257 e. The van der Waals surface area contributed by atoms with Gasteiger partial charge in [0.2, 0.25) is 5.88 Å². The topological polar surface area (TPSA) is 81.9 Å². The highest BCUT2D eigenvalue weighted by molar-refractivity contribution is 6.34. The van der Waals surface area contributed by atoms with Crippen LogP contribution in [0.15, 0.2) is 66.9 Å². The highest BCUT2D eigenvalue weighted by Gasteiger charge is 2.11. The Bertz CT molecular complexity index is 1190. The molecule has 0 saturated carbocycles. The van der Waals surface area contributed by atoms with Crippen molar-refractivity contribution in [1.29, 1.82) is 0 Å². The fourth-order valence-corrected chi connectivity index (χ4v) is 2.88. The van der Waals surface area contributed by atoms with E-state index in [1.807, 2.05) is 13.0 Å². The number of hydrogen-bond acceptors (Lipinski definition) is 5. The largest absolute Gasteiger partial charge is 0.438 e. The second kappa shape index (κ2) is 8.30. The van der Waals surface area contributed by atoms with Gasteiger partial charge >= 0.3 is 0 Å². The number of halogens is 2. The summed E-state index contributed by atoms with van der Waals surface area (Å²) in [6.45, 7) is 1.89. The number of amides is 1. The molecule has 0 saturated heterocycles. The maximum atomic E-state index is 13.1. The minimum absolute atomic E-state index is 0.0414. The van der Waals surface area contributed by atoms with Crippen molar-refractivity contribution in [3.05, 3.63) is 89.0 Å². The van der Waals surface area contributed by atoms with Crippen molar-refractivity contribution in [3.63, 3.8) is 0 Å². The third-order valence-corrected chi connectivity index (χ3v) is 4.41. The number of aryl methyl sites for hydroxylation is 1. The predicted molar refractivity (Wildman–Crippen MR) is 110 cm³/mol. The Morgan fingerprint density at radius 3 is 2.50 bits per heavy atom. The molecule has 30 heavy (non-hydrogen) atoms. The summed E-state index contributed by atoms with van der Waals surface area (Å²) in [6, 6.07) is 15.6. The lowest BCUT2D eigenvalue weighted by Gasteiger charge is -2.09. The Kier molecular flexibility index (Phi) is 5.40. The summed E-state index contributed by atoms with van der Waals surface area (Å²) in [5, 5.41) is 15.1. The molecule has 0 bridgehead atoms. The first-order chi connectivity index (χ1) is 14.5. The van der Waals surface area contributed by atoms with E-state index < -0.39 is 11.7 Å². The van der Waals surface area contributed by atoms with E-state index in [0.29, 0.717) is 23.1 Å². The van der Waals surface area contributed by atoms with E-state index in [4.69, 9.17) is 16.3 Å². The molecule has 0 fully saturated rings. The summed E-state index contributed by atoms with van der Waals surface area (Å²) < 4.78 is 20.4. The van der Waals surface area contributed by atoms with Crippen LogP contribution in [0.5, 0.6) is 11.6 Å². The zero-order chi connectivity index (χ0) is 21.1. The molecular weight excluding hydrogens is 409 g/mol.